The molecule has 0 spiro atoms. The van der Waals surface area contributed by atoms with Crippen molar-refractivity contribution >= 4 is 5.91 Å². The zero-order valence-electron chi connectivity index (χ0n) is 13.3. The van der Waals surface area contributed by atoms with Crippen LogP contribution in [0.15, 0.2) is 24.3 Å². The van der Waals surface area contributed by atoms with Gasteiger partial charge in [0.05, 0.1) is 17.6 Å². The molecular weight excluding hydrogens is 297 g/mol. The van der Waals surface area contributed by atoms with Gasteiger partial charge in [0.25, 0.3) is 0 Å². The largest absolute Gasteiger partial charge is 0.391 e. The Morgan fingerprint density at radius 1 is 1.17 bits per heavy atom. The number of benzene rings is 1. The van der Waals surface area contributed by atoms with Crippen LogP contribution >= 0.6 is 0 Å². The molecule has 1 saturated carbocycles. The fraction of sp³-hybridized carbons (Fsp3) is 0.611. The first kappa shape index (κ1) is 16.4. The maximum Gasteiger partial charge on any atom is 0.231 e. The number of carbonyl (C=O) groups is 1. The van der Waals surface area contributed by atoms with Crippen molar-refractivity contribution in [2.24, 2.45) is 0 Å². The van der Waals surface area contributed by atoms with Crippen molar-refractivity contribution in [3.05, 3.63) is 35.6 Å². The lowest BCUT2D eigenvalue weighted by Gasteiger charge is -2.39. The summed E-state index contributed by atoms with van der Waals surface area (Å²) in [5, 5.41) is 13.2. The van der Waals surface area contributed by atoms with Crippen LogP contribution in [-0.4, -0.2) is 36.4 Å². The van der Waals surface area contributed by atoms with E-state index in [9.17, 15) is 14.3 Å². The van der Waals surface area contributed by atoms with Gasteiger partial charge in [-0.2, -0.15) is 0 Å². The molecule has 1 saturated heterocycles. The predicted molar refractivity (Wildman–Crippen MR) is 84.5 cm³/mol. The number of hydrogen-bond acceptors (Lipinski definition) is 3. The summed E-state index contributed by atoms with van der Waals surface area (Å²) in [6, 6.07) is 6.00. The summed E-state index contributed by atoms with van der Waals surface area (Å²) < 4.78 is 18.7. The van der Waals surface area contributed by atoms with Crippen molar-refractivity contribution < 1.29 is 19.0 Å². The van der Waals surface area contributed by atoms with Crippen LogP contribution in [0.25, 0.3) is 0 Å². The Hall–Kier alpha value is -1.46. The highest BCUT2D eigenvalue weighted by Gasteiger charge is 2.43. The van der Waals surface area contributed by atoms with Gasteiger partial charge < -0.3 is 15.2 Å². The van der Waals surface area contributed by atoms with Crippen LogP contribution in [0.2, 0.25) is 0 Å². The predicted octanol–water partition coefficient (Wildman–Crippen LogP) is 2.29. The van der Waals surface area contributed by atoms with Gasteiger partial charge in [0.15, 0.2) is 0 Å². The van der Waals surface area contributed by atoms with Gasteiger partial charge in [0, 0.05) is 13.2 Å². The minimum atomic E-state index is -0.691. The number of ether oxygens (including phenoxy) is 1. The molecule has 2 atom stereocenters. The molecule has 0 bridgehead atoms. The molecule has 1 aliphatic carbocycles. The number of nitrogens with one attached hydrogen (secondary N) is 1. The third-order valence-corrected chi connectivity index (χ3v) is 5.22. The molecule has 2 unspecified atom stereocenters. The van der Waals surface area contributed by atoms with Crippen molar-refractivity contribution in [3.8, 4) is 0 Å². The van der Waals surface area contributed by atoms with Crippen molar-refractivity contribution in [2.45, 2.75) is 56.1 Å². The van der Waals surface area contributed by atoms with E-state index in [1.807, 2.05) is 0 Å². The van der Waals surface area contributed by atoms with E-state index in [0.717, 1.165) is 31.2 Å². The molecule has 126 valence electrons. The first-order chi connectivity index (χ1) is 11.1. The maximum absolute atomic E-state index is 13.2. The summed E-state index contributed by atoms with van der Waals surface area (Å²) >= 11 is 0. The Morgan fingerprint density at radius 3 is 2.48 bits per heavy atom. The second kappa shape index (κ2) is 6.97. The molecule has 2 N–H and O–H groups in total. The first-order valence-corrected chi connectivity index (χ1v) is 8.45. The van der Waals surface area contributed by atoms with Crippen LogP contribution in [0.5, 0.6) is 0 Å². The average Bonchev–Trinajstić information content (AvgIpc) is 2.58. The number of amides is 1. The molecule has 1 aromatic rings. The quantitative estimate of drug-likeness (QED) is 0.898. The Bertz CT molecular complexity index is 540. The van der Waals surface area contributed by atoms with Gasteiger partial charge in [0.2, 0.25) is 5.91 Å². The first-order valence-electron chi connectivity index (χ1n) is 8.45. The highest BCUT2D eigenvalue weighted by molar-refractivity contribution is 5.88. The van der Waals surface area contributed by atoms with Gasteiger partial charge >= 0.3 is 0 Å². The van der Waals surface area contributed by atoms with Gasteiger partial charge in [-0.15, -0.1) is 0 Å². The Labute approximate surface area is 136 Å². The van der Waals surface area contributed by atoms with Crippen LogP contribution in [-0.2, 0) is 14.9 Å². The number of hydrogen-bond donors (Lipinski definition) is 2. The normalized spacial score (nSPS) is 27.4. The van der Waals surface area contributed by atoms with Gasteiger partial charge in [0.1, 0.15) is 5.82 Å². The zero-order chi connectivity index (χ0) is 16.3. The minimum Gasteiger partial charge on any atom is -0.391 e. The minimum absolute atomic E-state index is 0.0710. The number of rotatable bonds is 3. The van der Waals surface area contributed by atoms with E-state index in [2.05, 4.69) is 5.32 Å². The third kappa shape index (κ3) is 3.40. The number of carbonyl (C=O) groups excluding carboxylic acids is 1. The molecule has 2 fully saturated rings. The molecule has 1 heterocycles. The Balaban J connectivity index is 1.83. The smallest absolute Gasteiger partial charge is 0.231 e. The molecule has 3 rings (SSSR count). The number of aliphatic hydroxyl groups is 1. The highest BCUT2D eigenvalue weighted by Crippen LogP contribution is 2.36. The Morgan fingerprint density at radius 2 is 1.83 bits per heavy atom. The van der Waals surface area contributed by atoms with E-state index < -0.39 is 11.5 Å². The van der Waals surface area contributed by atoms with E-state index in [4.69, 9.17) is 4.74 Å². The van der Waals surface area contributed by atoms with Crippen LogP contribution in [0.4, 0.5) is 4.39 Å². The van der Waals surface area contributed by atoms with Crippen molar-refractivity contribution in [2.75, 3.05) is 13.2 Å². The zero-order valence-corrected chi connectivity index (χ0v) is 13.3. The van der Waals surface area contributed by atoms with Gasteiger partial charge in [-0.05, 0) is 43.4 Å². The second-order valence-electron chi connectivity index (χ2n) is 6.63. The lowest BCUT2D eigenvalue weighted by molar-refractivity contribution is -0.132. The molecular formula is C18H24FNO3. The summed E-state index contributed by atoms with van der Waals surface area (Å²) in [6.07, 6.45) is 4.25. The van der Waals surface area contributed by atoms with Gasteiger partial charge in [-0.1, -0.05) is 25.0 Å². The summed E-state index contributed by atoms with van der Waals surface area (Å²) in [5.74, 6) is -0.377. The van der Waals surface area contributed by atoms with E-state index >= 15 is 0 Å². The molecule has 2 aliphatic rings. The van der Waals surface area contributed by atoms with E-state index in [1.165, 1.54) is 12.1 Å². The highest BCUT2D eigenvalue weighted by atomic mass is 19.1. The summed E-state index contributed by atoms with van der Waals surface area (Å²) in [7, 11) is 0. The molecule has 23 heavy (non-hydrogen) atoms. The average molecular weight is 321 g/mol. The molecule has 1 amide bonds. The molecule has 0 aromatic heterocycles. The Kier molecular flexibility index (Phi) is 4.97. The fourth-order valence-electron chi connectivity index (χ4n) is 3.72. The summed E-state index contributed by atoms with van der Waals surface area (Å²) in [4.78, 5) is 13.0. The number of halogens is 1. The van der Waals surface area contributed by atoms with Crippen molar-refractivity contribution in [1.82, 2.24) is 5.32 Å². The van der Waals surface area contributed by atoms with Crippen LogP contribution in [0.3, 0.4) is 0 Å². The van der Waals surface area contributed by atoms with E-state index in [1.54, 1.807) is 12.1 Å². The van der Waals surface area contributed by atoms with Gasteiger partial charge in [-0.3, -0.25) is 4.79 Å². The monoisotopic (exact) mass is 321 g/mol. The summed E-state index contributed by atoms with van der Waals surface area (Å²) in [5.41, 5.74) is 0.133. The molecule has 1 aromatic carbocycles. The van der Waals surface area contributed by atoms with E-state index in [-0.39, 0.29) is 17.8 Å². The van der Waals surface area contributed by atoms with Gasteiger partial charge in [-0.25, -0.2) is 4.39 Å². The van der Waals surface area contributed by atoms with Crippen molar-refractivity contribution in [1.29, 1.82) is 0 Å². The molecule has 1 aliphatic heterocycles. The fourth-order valence-corrected chi connectivity index (χ4v) is 3.72. The van der Waals surface area contributed by atoms with Crippen LogP contribution in [0.1, 0.15) is 44.1 Å². The SMILES string of the molecule is O=C(NC1CCCCC1O)C1(c2ccc(F)cc2)CCOCC1. The van der Waals surface area contributed by atoms with Crippen molar-refractivity contribution in [3.63, 3.8) is 0 Å². The molecule has 4 nitrogen and oxygen atoms in total. The van der Waals surface area contributed by atoms with Crippen LogP contribution in [0, 0.1) is 5.82 Å². The standard InChI is InChI=1S/C18H24FNO3/c19-14-7-5-13(6-8-14)18(9-11-23-12-10-18)17(22)20-15-3-1-2-4-16(15)21/h5-8,15-16,21H,1-4,9-12H2,(H,20,22). The molecule has 5 heteroatoms. The van der Waals surface area contributed by atoms with E-state index in [0.29, 0.717) is 26.1 Å². The molecule has 0 radical (unpaired) electrons. The second-order valence-corrected chi connectivity index (χ2v) is 6.63. The topological polar surface area (TPSA) is 58.6 Å². The lowest BCUT2D eigenvalue weighted by atomic mass is 9.73. The lowest BCUT2D eigenvalue weighted by Crippen LogP contribution is -2.54. The summed E-state index contributed by atoms with van der Waals surface area (Å²) in [6.45, 7) is 1.02. The maximum atomic E-state index is 13.2. The number of aliphatic hydroxyl groups excluding tert-OH is 1. The van der Waals surface area contributed by atoms with Crippen LogP contribution < -0.4 is 5.32 Å². The third-order valence-electron chi connectivity index (χ3n) is 5.22.